The quantitative estimate of drug-likeness (QED) is 0.606. The van der Waals surface area contributed by atoms with E-state index in [-0.39, 0.29) is 12.1 Å². The molecule has 0 saturated carbocycles. The van der Waals surface area contributed by atoms with Crippen LogP contribution in [-0.4, -0.2) is 75.5 Å². The molecule has 1 atom stereocenters. The second-order valence-electron chi connectivity index (χ2n) is 9.33. The molecule has 7 nitrogen and oxygen atoms in total. The van der Waals surface area contributed by atoms with Gasteiger partial charge < -0.3 is 24.0 Å². The lowest BCUT2D eigenvalue weighted by molar-refractivity contribution is 0.0645. The Labute approximate surface area is 203 Å². The van der Waals surface area contributed by atoms with E-state index in [1.165, 1.54) is 5.56 Å². The topological polar surface area (TPSA) is 54.5 Å². The maximum absolute atomic E-state index is 12.7. The Bertz CT molecular complexity index is 928. The molecule has 2 aromatic rings. The molecule has 0 aromatic heterocycles. The van der Waals surface area contributed by atoms with E-state index in [9.17, 15) is 4.79 Å². The van der Waals surface area contributed by atoms with Crippen molar-refractivity contribution in [2.75, 3.05) is 58.5 Å². The van der Waals surface area contributed by atoms with Gasteiger partial charge in [0, 0.05) is 37.9 Å². The fourth-order valence-corrected chi connectivity index (χ4v) is 4.90. The van der Waals surface area contributed by atoms with E-state index in [4.69, 9.17) is 14.2 Å². The minimum Gasteiger partial charge on any atom is -0.497 e. The molecule has 0 bridgehead atoms. The lowest BCUT2D eigenvalue weighted by Gasteiger charge is -2.41. The molecule has 1 amide bonds. The van der Waals surface area contributed by atoms with Crippen molar-refractivity contribution in [3.05, 3.63) is 54.1 Å². The van der Waals surface area contributed by atoms with Crippen LogP contribution < -0.4 is 14.4 Å². The van der Waals surface area contributed by atoms with E-state index >= 15 is 0 Å². The number of nitrogens with zero attached hydrogens (tertiary/aromatic N) is 3. The SMILES string of the molecule is COc1ccc(N2CCN(C(=O)OCC3CCN(Cc4cccc(OC)c4)CC3)CC2C)cc1. The molecule has 0 radical (unpaired) electrons. The summed E-state index contributed by atoms with van der Waals surface area (Å²) in [5.41, 5.74) is 2.43. The van der Waals surface area contributed by atoms with Crippen LogP contribution in [0.3, 0.4) is 0 Å². The highest BCUT2D eigenvalue weighted by Gasteiger charge is 2.29. The van der Waals surface area contributed by atoms with E-state index in [1.54, 1.807) is 14.2 Å². The van der Waals surface area contributed by atoms with E-state index in [0.29, 0.717) is 25.6 Å². The molecule has 2 heterocycles. The molecule has 2 aliphatic rings. The number of piperazine rings is 1. The highest BCUT2D eigenvalue weighted by molar-refractivity contribution is 5.68. The first kappa shape index (κ1) is 24.2. The lowest BCUT2D eigenvalue weighted by Crippen LogP contribution is -2.54. The average Bonchev–Trinajstić information content (AvgIpc) is 2.88. The molecule has 2 saturated heterocycles. The van der Waals surface area contributed by atoms with Gasteiger partial charge in [-0.15, -0.1) is 0 Å². The number of ether oxygens (including phenoxy) is 3. The summed E-state index contributed by atoms with van der Waals surface area (Å²) in [6, 6.07) is 16.6. The monoisotopic (exact) mass is 467 g/mol. The average molecular weight is 468 g/mol. The molecule has 2 aromatic carbocycles. The molecule has 1 unspecified atom stereocenters. The Morgan fingerprint density at radius 2 is 1.68 bits per heavy atom. The summed E-state index contributed by atoms with van der Waals surface area (Å²) in [6.07, 6.45) is 1.93. The Hall–Kier alpha value is -2.93. The maximum atomic E-state index is 12.7. The number of carbonyl (C=O) groups is 1. The van der Waals surface area contributed by atoms with E-state index in [0.717, 1.165) is 56.2 Å². The van der Waals surface area contributed by atoms with Crippen molar-refractivity contribution in [1.82, 2.24) is 9.80 Å². The van der Waals surface area contributed by atoms with E-state index in [1.807, 2.05) is 29.2 Å². The van der Waals surface area contributed by atoms with Gasteiger partial charge in [-0.05, 0) is 80.7 Å². The number of hydrogen-bond acceptors (Lipinski definition) is 6. The Kier molecular flexibility index (Phi) is 8.16. The summed E-state index contributed by atoms with van der Waals surface area (Å²) in [5.74, 6) is 2.19. The number of benzene rings is 2. The van der Waals surface area contributed by atoms with Crippen LogP contribution in [0.1, 0.15) is 25.3 Å². The van der Waals surface area contributed by atoms with E-state index in [2.05, 4.69) is 41.0 Å². The van der Waals surface area contributed by atoms with Gasteiger partial charge >= 0.3 is 6.09 Å². The van der Waals surface area contributed by atoms with Gasteiger partial charge in [-0.2, -0.15) is 0 Å². The van der Waals surface area contributed by atoms with Crippen LogP contribution in [0.5, 0.6) is 11.5 Å². The van der Waals surface area contributed by atoms with Gasteiger partial charge in [0.15, 0.2) is 0 Å². The first-order valence-electron chi connectivity index (χ1n) is 12.2. The summed E-state index contributed by atoms with van der Waals surface area (Å²) >= 11 is 0. The van der Waals surface area contributed by atoms with Gasteiger partial charge in [-0.25, -0.2) is 4.79 Å². The standard InChI is InChI=1S/C27H37N3O4/c1-21-18-29(15-16-30(21)24-7-9-25(32-2)10-8-24)27(31)34-20-22-11-13-28(14-12-22)19-23-5-4-6-26(17-23)33-3/h4-10,17,21-22H,11-16,18-20H2,1-3H3. The number of anilines is 1. The minimum atomic E-state index is -0.181. The number of hydrogen-bond donors (Lipinski definition) is 0. The summed E-state index contributed by atoms with van der Waals surface area (Å²) in [7, 11) is 3.38. The summed E-state index contributed by atoms with van der Waals surface area (Å²) in [4.78, 5) is 19.4. The summed E-state index contributed by atoms with van der Waals surface area (Å²) in [5, 5.41) is 0. The van der Waals surface area contributed by atoms with Crippen LogP contribution in [0, 0.1) is 5.92 Å². The van der Waals surface area contributed by atoms with Crippen LogP contribution in [0.2, 0.25) is 0 Å². The van der Waals surface area contributed by atoms with Gasteiger partial charge in [0.1, 0.15) is 11.5 Å². The lowest BCUT2D eigenvalue weighted by atomic mass is 9.97. The fraction of sp³-hybridized carbons (Fsp3) is 0.519. The van der Waals surface area contributed by atoms with Gasteiger partial charge in [-0.1, -0.05) is 12.1 Å². The van der Waals surface area contributed by atoms with Crippen molar-refractivity contribution in [2.45, 2.75) is 32.4 Å². The van der Waals surface area contributed by atoms with Crippen LogP contribution in [0.25, 0.3) is 0 Å². The largest absolute Gasteiger partial charge is 0.497 e. The summed E-state index contributed by atoms with van der Waals surface area (Å²) in [6.45, 7) is 7.79. The number of likely N-dealkylation sites (tertiary alicyclic amines) is 1. The number of carbonyl (C=O) groups excluding carboxylic acids is 1. The highest BCUT2D eigenvalue weighted by atomic mass is 16.6. The van der Waals surface area contributed by atoms with Crippen molar-refractivity contribution >= 4 is 11.8 Å². The van der Waals surface area contributed by atoms with Gasteiger partial charge in [0.25, 0.3) is 0 Å². The molecule has 7 heteroatoms. The Morgan fingerprint density at radius 1 is 0.941 bits per heavy atom. The van der Waals surface area contributed by atoms with Gasteiger partial charge in [-0.3, -0.25) is 4.90 Å². The third-order valence-corrected chi connectivity index (χ3v) is 6.98. The number of piperidine rings is 1. The maximum Gasteiger partial charge on any atom is 0.409 e. The molecule has 184 valence electrons. The molecule has 0 N–H and O–H groups in total. The zero-order valence-electron chi connectivity index (χ0n) is 20.6. The van der Waals surface area contributed by atoms with Crippen LogP contribution >= 0.6 is 0 Å². The van der Waals surface area contributed by atoms with Crippen molar-refractivity contribution in [3.8, 4) is 11.5 Å². The van der Waals surface area contributed by atoms with Crippen LogP contribution in [0.4, 0.5) is 10.5 Å². The molecule has 34 heavy (non-hydrogen) atoms. The van der Waals surface area contributed by atoms with Crippen molar-refractivity contribution < 1.29 is 19.0 Å². The fourth-order valence-electron chi connectivity index (χ4n) is 4.90. The zero-order valence-corrected chi connectivity index (χ0v) is 20.6. The third-order valence-electron chi connectivity index (χ3n) is 6.98. The van der Waals surface area contributed by atoms with Crippen LogP contribution in [-0.2, 0) is 11.3 Å². The van der Waals surface area contributed by atoms with Crippen molar-refractivity contribution in [2.24, 2.45) is 5.92 Å². The second-order valence-corrected chi connectivity index (χ2v) is 9.33. The minimum absolute atomic E-state index is 0.181. The predicted molar refractivity (Wildman–Crippen MR) is 134 cm³/mol. The summed E-state index contributed by atoms with van der Waals surface area (Å²) < 4.78 is 16.3. The first-order valence-corrected chi connectivity index (χ1v) is 12.2. The van der Waals surface area contributed by atoms with Gasteiger partial charge in [0.05, 0.1) is 20.8 Å². The predicted octanol–water partition coefficient (Wildman–Crippen LogP) is 4.26. The zero-order chi connectivity index (χ0) is 23.9. The third kappa shape index (κ3) is 6.14. The van der Waals surface area contributed by atoms with Crippen LogP contribution in [0.15, 0.2) is 48.5 Å². The van der Waals surface area contributed by atoms with Crippen molar-refractivity contribution in [1.29, 1.82) is 0 Å². The Morgan fingerprint density at radius 3 is 2.35 bits per heavy atom. The molecular formula is C27H37N3O4. The number of rotatable bonds is 7. The molecule has 2 fully saturated rings. The normalized spacial score (nSPS) is 19.7. The Balaban J connectivity index is 1.18. The molecular weight excluding hydrogens is 430 g/mol. The molecule has 0 aliphatic carbocycles. The number of methoxy groups -OCH3 is 2. The smallest absolute Gasteiger partial charge is 0.409 e. The highest BCUT2D eigenvalue weighted by Crippen LogP contribution is 2.25. The van der Waals surface area contributed by atoms with Crippen molar-refractivity contribution in [3.63, 3.8) is 0 Å². The molecule has 2 aliphatic heterocycles. The molecule has 0 spiro atoms. The first-order chi connectivity index (χ1) is 16.6. The second kappa shape index (κ2) is 11.5. The van der Waals surface area contributed by atoms with Gasteiger partial charge in [0.2, 0.25) is 0 Å². The molecule has 4 rings (SSSR count). The number of amides is 1. The van der Waals surface area contributed by atoms with E-state index < -0.39 is 0 Å².